The number of amides is 1. The zero-order valence-electron chi connectivity index (χ0n) is 17.0. The summed E-state index contributed by atoms with van der Waals surface area (Å²) in [5, 5.41) is 7.94. The molecule has 4 aromatic rings. The van der Waals surface area contributed by atoms with Crippen molar-refractivity contribution >= 4 is 23.5 Å². The maximum atomic E-state index is 13.4. The summed E-state index contributed by atoms with van der Waals surface area (Å²) in [5.74, 6) is 3.39. The number of hydrogen-bond donors (Lipinski definition) is 1. The first kappa shape index (κ1) is 19.5. The molecule has 1 N–H and O–H groups in total. The van der Waals surface area contributed by atoms with Crippen LogP contribution in [0.25, 0.3) is 5.69 Å². The van der Waals surface area contributed by atoms with Crippen molar-refractivity contribution in [1.82, 2.24) is 9.78 Å². The SMILES string of the molecule is Cc1ccccc1-n1nc2c(c1NC(=O)c1ccccc1Oc1ccccc1)CSC2. The lowest BCUT2D eigenvalue weighted by atomic mass is 10.1. The first-order valence-corrected chi connectivity index (χ1v) is 11.2. The first-order chi connectivity index (χ1) is 15.2. The van der Waals surface area contributed by atoms with Crippen molar-refractivity contribution in [2.75, 3.05) is 5.32 Å². The molecule has 5 rings (SSSR count). The maximum absolute atomic E-state index is 13.4. The number of rotatable bonds is 5. The number of nitrogens with zero attached hydrogens (tertiary/aromatic N) is 2. The Balaban J connectivity index is 1.51. The highest BCUT2D eigenvalue weighted by Crippen LogP contribution is 2.37. The van der Waals surface area contributed by atoms with Gasteiger partial charge in [-0.2, -0.15) is 16.9 Å². The molecule has 0 saturated carbocycles. The van der Waals surface area contributed by atoms with E-state index in [-0.39, 0.29) is 5.91 Å². The van der Waals surface area contributed by atoms with Crippen molar-refractivity contribution in [2.45, 2.75) is 18.4 Å². The third-order valence-corrected chi connectivity index (χ3v) is 6.20. The van der Waals surface area contributed by atoms with Gasteiger partial charge >= 0.3 is 0 Å². The summed E-state index contributed by atoms with van der Waals surface area (Å²) in [6, 6.07) is 24.8. The molecule has 1 aliphatic heterocycles. The van der Waals surface area contributed by atoms with Crippen LogP contribution in [0.4, 0.5) is 5.82 Å². The molecule has 0 unspecified atom stereocenters. The number of thioether (sulfide) groups is 1. The van der Waals surface area contributed by atoms with Crippen molar-refractivity contribution in [3.05, 3.63) is 101 Å². The van der Waals surface area contributed by atoms with Crippen molar-refractivity contribution in [3.63, 3.8) is 0 Å². The van der Waals surface area contributed by atoms with Crippen molar-refractivity contribution < 1.29 is 9.53 Å². The third kappa shape index (κ3) is 3.82. The number of aromatic nitrogens is 2. The summed E-state index contributed by atoms with van der Waals surface area (Å²) in [6.07, 6.45) is 0. The number of anilines is 1. The molecule has 0 saturated heterocycles. The number of carbonyl (C=O) groups is 1. The molecule has 1 aliphatic rings. The fraction of sp³-hybridized carbons (Fsp3) is 0.120. The molecule has 0 bridgehead atoms. The average molecular weight is 428 g/mol. The Hall–Kier alpha value is -3.51. The second-order valence-electron chi connectivity index (χ2n) is 7.33. The van der Waals surface area contributed by atoms with E-state index in [1.807, 2.05) is 90.1 Å². The molecule has 154 valence electrons. The summed E-state index contributed by atoms with van der Waals surface area (Å²) in [7, 11) is 0. The molecule has 0 radical (unpaired) electrons. The number of fused-ring (bicyclic) bond motifs is 1. The van der Waals surface area contributed by atoms with Gasteiger partial charge in [0.15, 0.2) is 0 Å². The Labute approximate surface area is 185 Å². The standard InChI is InChI=1S/C25H21N3O2S/c1-17-9-5-7-13-22(17)28-24(20-15-31-16-21(20)27-28)26-25(29)19-12-6-8-14-23(19)30-18-10-3-2-4-11-18/h2-14H,15-16H2,1H3,(H,26,29). The van der Waals surface area contributed by atoms with Gasteiger partial charge in [0.05, 0.1) is 16.9 Å². The Bertz CT molecular complexity index is 1250. The minimum absolute atomic E-state index is 0.221. The second-order valence-corrected chi connectivity index (χ2v) is 8.32. The predicted octanol–water partition coefficient (Wildman–Crippen LogP) is 5.97. The van der Waals surface area contributed by atoms with Crippen molar-refractivity contribution in [1.29, 1.82) is 0 Å². The molecule has 3 aromatic carbocycles. The summed E-state index contributed by atoms with van der Waals surface area (Å²) < 4.78 is 7.85. The maximum Gasteiger partial charge on any atom is 0.260 e. The van der Waals surface area contributed by atoms with Crippen LogP contribution < -0.4 is 10.1 Å². The van der Waals surface area contributed by atoms with Gasteiger partial charge < -0.3 is 10.1 Å². The zero-order chi connectivity index (χ0) is 21.2. The van der Waals surface area contributed by atoms with E-state index in [1.54, 1.807) is 12.1 Å². The van der Waals surface area contributed by atoms with Gasteiger partial charge in [0.25, 0.3) is 5.91 Å². The highest BCUT2D eigenvalue weighted by molar-refractivity contribution is 7.98. The minimum Gasteiger partial charge on any atom is -0.457 e. The number of carbonyl (C=O) groups excluding carboxylic acids is 1. The topological polar surface area (TPSA) is 56.2 Å². The largest absolute Gasteiger partial charge is 0.457 e. The molecule has 1 aromatic heterocycles. The summed E-state index contributed by atoms with van der Waals surface area (Å²) >= 11 is 1.81. The highest BCUT2D eigenvalue weighted by atomic mass is 32.2. The average Bonchev–Trinajstić information content (AvgIpc) is 3.38. The molecule has 31 heavy (non-hydrogen) atoms. The summed E-state index contributed by atoms with van der Waals surface area (Å²) in [5.41, 5.74) is 4.65. The Morgan fingerprint density at radius 2 is 1.71 bits per heavy atom. The molecule has 5 nitrogen and oxygen atoms in total. The lowest BCUT2D eigenvalue weighted by Crippen LogP contribution is -2.17. The quantitative estimate of drug-likeness (QED) is 0.426. The zero-order valence-corrected chi connectivity index (χ0v) is 17.9. The predicted molar refractivity (Wildman–Crippen MR) is 124 cm³/mol. The van der Waals surface area contributed by atoms with Gasteiger partial charge in [-0.1, -0.05) is 48.5 Å². The van der Waals surface area contributed by atoms with Crippen molar-refractivity contribution in [2.24, 2.45) is 0 Å². The van der Waals surface area contributed by atoms with E-state index in [0.717, 1.165) is 39.8 Å². The molecule has 0 spiro atoms. The van der Waals surface area contributed by atoms with Crippen LogP contribution in [0.2, 0.25) is 0 Å². The monoisotopic (exact) mass is 427 g/mol. The number of hydrogen-bond acceptors (Lipinski definition) is 4. The van der Waals surface area contributed by atoms with Gasteiger partial charge in [0.2, 0.25) is 0 Å². The lowest BCUT2D eigenvalue weighted by molar-refractivity contribution is 0.102. The van der Waals surface area contributed by atoms with E-state index >= 15 is 0 Å². The second kappa shape index (κ2) is 8.32. The molecule has 2 heterocycles. The van der Waals surface area contributed by atoms with E-state index in [0.29, 0.717) is 17.1 Å². The molecule has 6 heteroatoms. The van der Waals surface area contributed by atoms with E-state index in [2.05, 4.69) is 5.32 Å². The molecular weight excluding hydrogens is 406 g/mol. The Kier molecular flexibility index (Phi) is 5.22. The van der Waals surface area contributed by atoms with Gasteiger partial charge in [-0.05, 0) is 42.8 Å². The Morgan fingerprint density at radius 3 is 2.55 bits per heavy atom. The van der Waals surface area contributed by atoms with Gasteiger partial charge in [-0.25, -0.2) is 4.68 Å². The number of ether oxygens (including phenoxy) is 1. The van der Waals surface area contributed by atoms with E-state index in [9.17, 15) is 4.79 Å². The molecule has 0 atom stereocenters. The van der Waals surface area contributed by atoms with Gasteiger partial charge in [0, 0.05) is 17.1 Å². The van der Waals surface area contributed by atoms with Crippen molar-refractivity contribution in [3.8, 4) is 17.2 Å². The number of aryl methyl sites for hydroxylation is 1. The minimum atomic E-state index is -0.221. The summed E-state index contributed by atoms with van der Waals surface area (Å²) in [4.78, 5) is 13.4. The van der Waals surface area contributed by atoms with Crippen LogP contribution in [-0.4, -0.2) is 15.7 Å². The molecular formula is C25H21N3O2S. The summed E-state index contributed by atoms with van der Waals surface area (Å²) in [6.45, 7) is 2.05. The van der Waals surface area contributed by atoms with Crippen LogP contribution in [-0.2, 0) is 11.5 Å². The van der Waals surface area contributed by atoms with Gasteiger partial charge in [0.1, 0.15) is 17.3 Å². The van der Waals surface area contributed by atoms with Gasteiger partial charge in [-0.3, -0.25) is 4.79 Å². The first-order valence-electron chi connectivity index (χ1n) is 10.1. The lowest BCUT2D eigenvalue weighted by Gasteiger charge is -2.14. The van der Waals surface area contributed by atoms with Crippen LogP contribution >= 0.6 is 11.8 Å². The Morgan fingerprint density at radius 1 is 0.968 bits per heavy atom. The van der Waals surface area contributed by atoms with Crippen LogP contribution in [0.1, 0.15) is 27.2 Å². The fourth-order valence-corrected chi connectivity index (χ4v) is 4.69. The molecule has 0 fully saturated rings. The van der Waals surface area contributed by atoms with E-state index in [4.69, 9.17) is 9.84 Å². The van der Waals surface area contributed by atoms with Crippen LogP contribution in [0.5, 0.6) is 11.5 Å². The number of nitrogens with one attached hydrogen (secondary N) is 1. The van der Waals surface area contributed by atoms with E-state index < -0.39 is 0 Å². The van der Waals surface area contributed by atoms with Crippen LogP contribution in [0.3, 0.4) is 0 Å². The smallest absolute Gasteiger partial charge is 0.260 e. The van der Waals surface area contributed by atoms with Crippen LogP contribution in [0.15, 0.2) is 78.9 Å². The fourth-order valence-electron chi connectivity index (χ4n) is 3.65. The molecule has 1 amide bonds. The third-order valence-electron chi connectivity index (χ3n) is 5.23. The highest BCUT2D eigenvalue weighted by Gasteiger charge is 2.26. The van der Waals surface area contributed by atoms with Gasteiger partial charge in [-0.15, -0.1) is 0 Å². The van der Waals surface area contributed by atoms with Crippen LogP contribution in [0, 0.1) is 6.92 Å². The number of benzene rings is 3. The molecule has 0 aliphatic carbocycles. The van der Waals surface area contributed by atoms with E-state index in [1.165, 1.54) is 0 Å². The number of para-hydroxylation sites is 3. The normalized spacial score (nSPS) is 12.4.